The lowest BCUT2D eigenvalue weighted by molar-refractivity contribution is -0.127. The molecule has 0 unspecified atom stereocenters. The molecule has 0 bridgehead atoms. The van der Waals surface area contributed by atoms with Crippen molar-refractivity contribution in [1.82, 2.24) is 10.2 Å². The van der Waals surface area contributed by atoms with E-state index in [0.29, 0.717) is 0 Å². The molecule has 0 radical (unpaired) electrons. The highest BCUT2D eigenvalue weighted by atomic mass is 16.2. The van der Waals surface area contributed by atoms with E-state index in [9.17, 15) is 4.79 Å². The zero-order valence-corrected chi connectivity index (χ0v) is 12.5. The lowest BCUT2D eigenvalue weighted by atomic mass is 10.2. The van der Waals surface area contributed by atoms with Crippen molar-refractivity contribution in [1.29, 1.82) is 0 Å². The van der Waals surface area contributed by atoms with Crippen LogP contribution < -0.4 is 5.32 Å². The number of carbonyl (C=O) groups excluding carboxylic acids is 1. The quantitative estimate of drug-likeness (QED) is 0.632. The molecule has 3 nitrogen and oxygen atoms in total. The highest BCUT2D eigenvalue weighted by Gasteiger charge is 2.00. The predicted octanol–water partition coefficient (Wildman–Crippen LogP) is 3.05. The SMILES string of the molecule is CC.CCCCNCCCCCN(C)C(C)=O. The second-order valence-corrected chi connectivity index (χ2v) is 4.10. The second kappa shape index (κ2) is 15.4. The third-order valence-electron chi connectivity index (χ3n) is 2.59. The molecule has 0 atom stereocenters. The van der Waals surface area contributed by atoms with E-state index >= 15 is 0 Å². The summed E-state index contributed by atoms with van der Waals surface area (Å²) in [6.07, 6.45) is 6.07. The number of nitrogens with zero attached hydrogens (tertiary/aromatic N) is 1. The van der Waals surface area contributed by atoms with E-state index in [2.05, 4.69) is 12.2 Å². The molecule has 0 aliphatic heterocycles. The van der Waals surface area contributed by atoms with E-state index in [0.717, 1.165) is 26.1 Å². The van der Waals surface area contributed by atoms with Gasteiger partial charge < -0.3 is 10.2 Å². The summed E-state index contributed by atoms with van der Waals surface area (Å²) >= 11 is 0. The topological polar surface area (TPSA) is 32.3 Å². The summed E-state index contributed by atoms with van der Waals surface area (Å²) in [4.78, 5) is 12.7. The van der Waals surface area contributed by atoms with Gasteiger partial charge in [0.1, 0.15) is 0 Å². The molecule has 0 aromatic rings. The van der Waals surface area contributed by atoms with Crippen LogP contribution >= 0.6 is 0 Å². The standard InChI is InChI=1S/C12H26N2O.C2H6/c1-4-5-9-13-10-7-6-8-11-14(3)12(2)15;1-2/h13H,4-11H2,1-3H3;1-2H3. The van der Waals surface area contributed by atoms with Crippen LogP contribution in [0.25, 0.3) is 0 Å². The summed E-state index contributed by atoms with van der Waals surface area (Å²) in [6, 6.07) is 0. The fourth-order valence-electron chi connectivity index (χ4n) is 1.36. The molecule has 1 amide bonds. The van der Waals surface area contributed by atoms with Crippen molar-refractivity contribution in [3.63, 3.8) is 0 Å². The largest absolute Gasteiger partial charge is 0.346 e. The van der Waals surface area contributed by atoms with Gasteiger partial charge in [0.2, 0.25) is 5.91 Å². The van der Waals surface area contributed by atoms with E-state index < -0.39 is 0 Å². The van der Waals surface area contributed by atoms with E-state index in [-0.39, 0.29) is 5.91 Å². The second-order valence-electron chi connectivity index (χ2n) is 4.10. The van der Waals surface area contributed by atoms with Crippen molar-refractivity contribution in [2.45, 2.75) is 59.8 Å². The highest BCUT2D eigenvalue weighted by Crippen LogP contribution is 1.97. The minimum atomic E-state index is 0.163. The summed E-state index contributed by atoms with van der Waals surface area (Å²) in [5, 5.41) is 3.42. The summed E-state index contributed by atoms with van der Waals surface area (Å²) in [5.74, 6) is 0.163. The van der Waals surface area contributed by atoms with Crippen LogP contribution in [0.1, 0.15) is 59.8 Å². The minimum absolute atomic E-state index is 0.163. The van der Waals surface area contributed by atoms with Crippen LogP contribution in [0.2, 0.25) is 0 Å². The third-order valence-corrected chi connectivity index (χ3v) is 2.59. The van der Waals surface area contributed by atoms with Gasteiger partial charge in [0.15, 0.2) is 0 Å². The van der Waals surface area contributed by atoms with Gasteiger partial charge in [-0.1, -0.05) is 33.6 Å². The Morgan fingerprint density at radius 1 is 1.06 bits per heavy atom. The molecule has 0 fully saturated rings. The van der Waals surface area contributed by atoms with Gasteiger partial charge >= 0.3 is 0 Å². The number of amides is 1. The Labute approximate surface area is 108 Å². The summed E-state index contributed by atoms with van der Waals surface area (Å²) < 4.78 is 0. The van der Waals surface area contributed by atoms with Gasteiger partial charge in [-0.25, -0.2) is 0 Å². The molecule has 0 saturated carbocycles. The van der Waals surface area contributed by atoms with Crippen molar-refractivity contribution in [3.05, 3.63) is 0 Å². The van der Waals surface area contributed by atoms with Crippen molar-refractivity contribution < 1.29 is 4.79 Å². The Bertz CT molecular complexity index is 160. The molecule has 1 N–H and O–H groups in total. The van der Waals surface area contributed by atoms with Crippen molar-refractivity contribution in [3.8, 4) is 0 Å². The fraction of sp³-hybridized carbons (Fsp3) is 0.929. The van der Waals surface area contributed by atoms with Crippen LogP contribution in [0.4, 0.5) is 0 Å². The predicted molar refractivity (Wildman–Crippen MR) is 76.3 cm³/mol. The van der Waals surface area contributed by atoms with E-state index in [1.54, 1.807) is 11.8 Å². The number of nitrogens with one attached hydrogen (secondary N) is 1. The first-order chi connectivity index (χ1) is 8.18. The summed E-state index contributed by atoms with van der Waals surface area (Å²) in [6.45, 7) is 11.0. The third kappa shape index (κ3) is 15.4. The number of unbranched alkanes of at least 4 members (excludes halogenated alkanes) is 3. The Morgan fingerprint density at radius 3 is 2.18 bits per heavy atom. The van der Waals surface area contributed by atoms with Gasteiger partial charge in [0.05, 0.1) is 0 Å². The molecule has 0 aromatic carbocycles. The van der Waals surface area contributed by atoms with E-state index in [1.165, 1.54) is 25.7 Å². The maximum atomic E-state index is 10.9. The molecule has 3 heteroatoms. The number of carbonyl (C=O) groups is 1. The minimum Gasteiger partial charge on any atom is -0.346 e. The van der Waals surface area contributed by atoms with Crippen molar-refractivity contribution in [2.24, 2.45) is 0 Å². The molecule has 0 rings (SSSR count). The molecule has 0 heterocycles. The smallest absolute Gasteiger partial charge is 0.219 e. The van der Waals surface area contributed by atoms with Crippen molar-refractivity contribution in [2.75, 3.05) is 26.7 Å². The summed E-state index contributed by atoms with van der Waals surface area (Å²) in [7, 11) is 1.86. The number of rotatable bonds is 9. The van der Waals surface area contributed by atoms with Crippen molar-refractivity contribution >= 4 is 5.91 Å². The lowest BCUT2D eigenvalue weighted by Gasteiger charge is -2.14. The normalized spacial score (nSPS) is 9.47. The lowest BCUT2D eigenvalue weighted by Crippen LogP contribution is -2.25. The Kier molecular flexibility index (Phi) is 17.1. The average molecular weight is 244 g/mol. The van der Waals surface area contributed by atoms with Crippen LogP contribution in [-0.4, -0.2) is 37.5 Å². The first kappa shape index (κ1) is 18.8. The van der Waals surface area contributed by atoms with E-state index in [1.807, 2.05) is 20.9 Å². The molecule has 0 aliphatic rings. The molecular formula is C14H32N2O. The van der Waals surface area contributed by atoms with E-state index in [4.69, 9.17) is 0 Å². The van der Waals surface area contributed by atoms with Gasteiger partial charge in [-0.05, 0) is 32.4 Å². The van der Waals surface area contributed by atoms with Crippen LogP contribution in [0.15, 0.2) is 0 Å². The maximum Gasteiger partial charge on any atom is 0.219 e. The molecule has 0 aliphatic carbocycles. The molecule has 17 heavy (non-hydrogen) atoms. The van der Waals surface area contributed by atoms with Gasteiger partial charge in [-0.15, -0.1) is 0 Å². The molecule has 0 aromatic heterocycles. The molecule has 104 valence electrons. The Morgan fingerprint density at radius 2 is 1.65 bits per heavy atom. The number of hydrogen-bond donors (Lipinski definition) is 1. The Balaban J connectivity index is 0. The molecule has 0 spiro atoms. The zero-order valence-electron chi connectivity index (χ0n) is 12.5. The number of hydrogen-bond acceptors (Lipinski definition) is 2. The van der Waals surface area contributed by atoms with Crippen LogP contribution in [0.5, 0.6) is 0 Å². The van der Waals surface area contributed by atoms with Gasteiger partial charge in [-0.2, -0.15) is 0 Å². The fourth-order valence-corrected chi connectivity index (χ4v) is 1.36. The first-order valence-corrected chi connectivity index (χ1v) is 7.11. The van der Waals surface area contributed by atoms with Crippen LogP contribution in [-0.2, 0) is 4.79 Å². The summed E-state index contributed by atoms with van der Waals surface area (Å²) in [5.41, 5.74) is 0. The van der Waals surface area contributed by atoms with Gasteiger partial charge in [0.25, 0.3) is 0 Å². The van der Waals surface area contributed by atoms with Crippen LogP contribution in [0.3, 0.4) is 0 Å². The van der Waals surface area contributed by atoms with Gasteiger partial charge in [-0.3, -0.25) is 4.79 Å². The Hall–Kier alpha value is -0.570. The molecule has 0 saturated heterocycles. The first-order valence-electron chi connectivity index (χ1n) is 7.11. The zero-order chi connectivity index (χ0) is 13.5. The molecular weight excluding hydrogens is 212 g/mol. The monoisotopic (exact) mass is 244 g/mol. The maximum absolute atomic E-state index is 10.9. The van der Waals surface area contributed by atoms with Gasteiger partial charge in [0, 0.05) is 20.5 Å². The van der Waals surface area contributed by atoms with Crippen LogP contribution in [0, 0.1) is 0 Å². The highest BCUT2D eigenvalue weighted by molar-refractivity contribution is 5.72. The average Bonchev–Trinajstić information content (AvgIpc) is 2.34.